The topological polar surface area (TPSA) is 105 Å². The number of anilines is 1. The Morgan fingerprint density at radius 3 is 2.17 bits per heavy atom. The fourth-order valence-corrected chi connectivity index (χ4v) is 2.71. The van der Waals surface area contributed by atoms with Gasteiger partial charge in [0.15, 0.2) is 6.61 Å². The van der Waals surface area contributed by atoms with Crippen molar-refractivity contribution in [1.29, 1.82) is 0 Å². The van der Waals surface area contributed by atoms with Crippen LogP contribution in [0.25, 0.3) is 0 Å². The van der Waals surface area contributed by atoms with E-state index < -0.39 is 24.5 Å². The predicted octanol–water partition coefficient (Wildman–Crippen LogP) is 2.14. The van der Waals surface area contributed by atoms with Crippen molar-refractivity contribution >= 4 is 29.4 Å². The van der Waals surface area contributed by atoms with Gasteiger partial charge in [0.2, 0.25) is 5.91 Å². The molecule has 0 aliphatic carbocycles. The molecule has 0 aliphatic rings. The molecule has 0 saturated carbocycles. The van der Waals surface area contributed by atoms with Gasteiger partial charge in [-0.2, -0.15) is 0 Å². The first-order valence-corrected chi connectivity index (χ1v) is 9.35. The number of nitrogens with one attached hydrogen (secondary N) is 2. The second-order valence-electron chi connectivity index (χ2n) is 6.85. The number of ether oxygens (including phenoxy) is 1. The van der Waals surface area contributed by atoms with E-state index in [0.717, 1.165) is 5.56 Å². The van der Waals surface area contributed by atoms with Crippen molar-refractivity contribution in [2.45, 2.75) is 19.4 Å². The van der Waals surface area contributed by atoms with E-state index in [2.05, 4.69) is 10.6 Å². The second-order valence-corrected chi connectivity index (χ2v) is 6.85. The molecule has 30 heavy (non-hydrogen) atoms. The summed E-state index contributed by atoms with van der Waals surface area (Å²) < 4.78 is 5.04. The zero-order chi connectivity index (χ0) is 22.1. The molecule has 0 fully saturated rings. The van der Waals surface area contributed by atoms with E-state index in [-0.39, 0.29) is 18.2 Å². The van der Waals surface area contributed by atoms with Crippen LogP contribution in [0, 0.1) is 0 Å². The molecule has 0 aromatic heterocycles. The van der Waals surface area contributed by atoms with Crippen LogP contribution in [0.1, 0.15) is 35.3 Å². The molecule has 1 atom stereocenters. The Morgan fingerprint density at radius 1 is 0.967 bits per heavy atom. The van der Waals surface area contributed by atoms with Crippen molar-refractivity contribution in [3.05, 3.63) is 65.7 Å². The fourth-order valence-electron chi connectivity index (χ4n) is 2.71. The van der Waals surface area contributed by atoms with Crippen LogP contribution in [0.5, 0.6) is 0 Å². The van der Waals surface area contributed by atoms with Gasteiger partial charge in [-0.15, -0.1) is 0 Å². The highest BCUT2D eigenvalue weighted by Gasteiger charge is 2.19. The summed E-state index contributed by atoms with van der Waals surface area (Å²) >= 11 is 0. The highest BCUT2D eigenvalue weighted by molar-refractivity contribution is 5.96. The van der Waals surface area contributed by atoms with Crippen molar-refractivity contribution in [2.24, 2.45) is 0 Å². The zero-order valence-corrected chi connectivity index (χ0v) is 17.2. The maximum absolute atomic E-state index is 12.2. The van der Waals surface area contributed by atoms with E-state index in [0.29, 0.717) is 11.3 Å². The van der Waals surface area contributed by atoms with E-state index >= 15 is 0 Å². The molecule has 2 N–H and O–H groups in total. The number of nitrogens with zero attached hydrogens (tertiary/aromatic N) is 1. The molecule has 0 heterocycles. The molecule has 0 saturated heterocycles. The van der Waals surface area contributed by atoms with Crippen LogP contribution in [-0.4, -0.2) is 49.3 Å². The second kappa shape index (κ2) is 10.8. The molecule has 0 spiro atoms. The molecule has 2 aromatic carbocycles. The lowest BCUT2D eigenvalue weighted by Gasteiger charge is -2.17. The van der Waals surface area contributed by atoms with Crippen LogP contribution < -0.4 is 10.6 Å². The van der Waals surface area contributed by atoms with Crippen molar-refractivity contribution in [2.75, 3.05) is 26.0 Å². The number of amides is 3. The predicted molar refractivity (Wildman–Crippen MR) is 112 cm³/mol. The van der Waals surface area contributed by atoms with E-state index in [1.165, 1.54) is 11.8 Å². The zero-order valence-electron chi connectivity index (χ0n) is 17.2. The summed E-state index contributed by atoms with van der Waals surface area (Å²) in [6.45, 7) is 0.908. The Hall–Kier alpha value is -3.68. The quantitative estimate of drug-likeness (QED) is 0.648. The summed E-state index contributed by atoms with van der Waals surface area (Å²) in [5, 5.41) is 5.30. The molecular formula is C22H25N3O5. The van der Waals surface area contributed by atoms with Crippen molar-refractivity contribution < 1.29 is 23.9 Å². The minimum Gasteiger partial charge on any atom is -0.455 e. The molecular weight excluding hydrogens is 386 g/mol. The standard InChI is InChI=1S/C22H25N3O5/c1-15(26)23-19(16-7-5-4-6-8-16)13-21(28)30-14-20(27)24-18-11-9-17(10-12-18)22(29)25(2)3/h4-12,19H,13-14H2,1-3H3,(H,23,26)(H,24,27)/t19-/m1/s1. The van der Waals surface area contributed by atoms with Gasteiger partial charge in [0.1, 0.15) is 0 Å². The number of rotatable bonds is 8. The van der Waals surface area contributed by atoms with E-state index in [4.69, 9.17) is 4.74 Å². The third-order valence-electron chi connectivity index (χ3n) is 4.14. The van der Waals surface area contributed by atoms with Crippen LogP contribution in [0.2, 0.25) is 0 Å². The summed E-state index contributed by atoms with van der Waals surface area (Å²) in [7, 11) is 3.31. The normalized spacial score (nSPS) is 11.2. The van der Waals surface area contributed by atoms with Crippen molar-refractivity contribution in [3.63, 3.8) is 0 Å². The van der Waals surface area contributed by atoms with Gasteiger partial charge in [0, 0.05) is 32.3 Å². The van der Waals surface area contributed by atoms with Gasteiger partial charge < -0.3 is 20.3 Å². The average molecular weight is 411 g/mol. The first kappa shape index (κ1) is 22.6. The van der Waals surface area contributed by atoms with Crippen LogP contribution in [0.3, 0.4) is 0 Å². The molecule has 2 aromatic rings. The van der Waals surface area contributed by atoms with Crippen LogP contribution in [0.4, 0.5) is 5.69 Å². The summed E-state index contributed by atoms with van der Waals surface area (Å²) in [4.78, 5) is 49.0. The van der Waals surface area contributed by atoms with Gasteiger partial charge in [-0.1, -0.05) is 30.3 Å². The highest BCUT2D eigenvalue weighted by atomic mass is 16.5. The Morgan fingerprint density at radius 2 is 1.60 bits per heavy atom. The summed E-state index contributed by atoms with van der Waals surface area (Å²) in [6, 6.07) is 14.9. The Bertz CT molecular complexity index is 895. The number of carbonyl (C=O) groups is 4. The number of hydrogen-bond donors (Lipinski definition) is 2. The molecule has 0 radical (unpaired) electrons. The molecule has 3 amide bonds. The third kappa shape index (κ3) is 7.05. The minimum atomic E-state index is -0.611. The van der Waals surface area contributed by atoms with Gasteiger partial charge >= 0.3 is 5.97 Å². The maximum Gasteiger partial charge on any atom is 0.308 e. The van der Waals surface area contributed by atoms with Crippen LogP contribution in [-0.2, 0) is 19.1 Å². The van der Waals surface area contributed by atoms with Crippen molar-refractivity contribution in [3.8, 4) is 0 Å². The van der Waals surface area contributed by atoms with Gasteiger partial charge in [-0.05, 0) is 29.8 Å². The lowest BCUT2D eigenvalue weighted by atomic mass is 10.0. The summed E-state index contributed by atoms with van der Waals surface area (Å²) in [5.74, 6) is -1.54. The van der Waals surface area contributed by atoms with Gasteiger partial charge in [0.25, 0.3) is 11.8 Å². The Labute approximate surface area is 175 Å². The smallest absolute Gasteiger partial charge is 0.308 e. The maximum atomic E-state index is 12.2. The molecule has 158 valence electrons. The van der Waals surface area contributed by atoms with E-state index in [9.17, 15) is 19.2 Å². The first-order chi connectivity index (χ1) is 14.3. The fraction of sp³-hybridized carbons (Fsp3) is 0.273. The van der Waals surface area contributed by atoms with E-state index in [1.54, 1.807) is 62.6 Å². The van der Waals surface area contributed by atoms with Gasteiger partial charge in [-0.25, -0.2) is 0 Å². The molecule has 0 unspecified atom stereocenters. The van der Waals surface area contributed by atoms with Gasteiger partial charge in [0.05, 0.1) is 12.5 Å². The minimum absolute atomic E-state index is 0.0990. The first-order valence-electron chi connectivity index (χ1n) is 9.35. The summed E-state index contributed by atoms with van der Waals surface area (Å²) in [6.07, 6.45) is -0.0990. The third-order valence-corrected chi connectivity index (χ3v) is 4.14. The molecule has 8 heteroatoms. The van der Waals surface area contributed by atoms with E-state index in [1.807, 2.05) is 6.07 Å². The molecule has 8 nitrogen and oxygen atoms in total. The van der Waals surface area contributed by atoms with Crippen molar-refractivity contribution in [1.82, 2.24) is 10.2 Å². The van der Waals surface area contributed by atoms with Crippen LogP contribution in [0.15, 0.2) is 54.6 Å². The number of hydrogen-bond acceptors (Lipinski definition) is 5. The Balaban J connectivity index is 1.86. The molecule has 2 rings (SSSR count). The summed E-state index contributed by atoms with van der Waals surface area (Å²) in [5.41, 5.74) is 1.74. The molecule has 0 bridgehead atoms. The monoisotopic (exact) mass is 411 g/mol. The highest BCUT2D eigenvalue weighted by Crippen LogP contribution is 2.17. The largest absolute Gasteiger partial charge is 0.455 e. The van der Waals surface area contributed by atoms with Gasteiger partial charge in [-0.3, -0.25) is 19.2 Å². The van der Waals surface area contributed by atoms with Crippen LogP contribution >= 0.6 is 0 Å². The number of carbonyl (C=O) groups excluding carboxylic acids is 4. The average Bonchev–Trinajstić information content (AvgIpc) is 2.72. The number of benzene rings is 2. The lowest BCUT2D eigenvalue weighted by Crippen LogP contribution is -2.29. The SMILES string of the molecule is CC(=O)N[C@H](CC(=O)OCC(=O)Nc1ccc(C(=O)N(C)C)cc1)c1ccccc1. The lowest BCUT2D eigenvalue weighted by molar-refractivity contribution is -0.148. The Kier molecular flexibility index (Phi) is 8.10. The number of esters is 1. The molecule has 0 aliphatic heterocycles.